The first-order valence-corrected chi connectivity index (χ1v) is 9.03. The molecule has 6 atom stereocenters. The van der Waals surface area contributed by atoms with Gasteiger partial charge in [-0.15, -0.1) is 12.4 Å². The number of hydrogen-bond donors (Lipinski definition) is 0. The number of hydrogen-bond acceptors (Lipinski definition) is 2. The Morgan fingerprint density at radius 1 is 0.955 bits per heavy atom. The number of Topliss-reactive ketones (excluding diaryl/α,β-unsaturated/α-hetero) is 2. The topological polar surface area (TPSA) is 34.1 Å². The average Bonchev–Trinajstić information content (AvgIpc) is 2.75. The molecule has 0 saturated heterocycles. The Balaban J connectivity index is 0.00000144. The van der Waals surface area contributed by atoms with Crippen LogP contribution in [0.2, 0.25) is 0 Å². The van der Waals surface area contributed by atoms with Gasteiger partial charge in [-0.2, -0.15) is 0 Å². The van der Waals surface area contributed by atoms with Crippen molar-refractivity contribution in [3.8, 4) is 0 Å². The van der Waals surface area contributed by atoms with Crippen molar-refractivity contribution >= 4 is 24.0 Å². The second kappa shape index (κ2) is 5.33. The molecule has 0 radical (unpaired) electrons. The summed E-state index contributed by atoms with van der Waals surface area (Å²) in [5, 5.41) is 0. The maximum absolute atomic E-state index is 12.8. The molecular formula is C19H29ClO2. The molecule has 4 fully saturated rings. The molecule has 4 aliphatic carbocycles. The van der Waals surface area contributed by atoms with E-state index in [2.05, 4.69) is 13.8 Å². The Bertz CT molecular complexity index is 502. The molecule has 0 amide bonds. The van der Waals surface area contributed by atoms with E-state index in [1.807, 2.05) is 0 Å². The van der Waals surface area contributed by atoms with Crippen LogP contribution in [0.3, 0.4) is 0 Å². The van der Waals surface area contributed by atoms with Gasteiger partial charge in [-0.05, 0) is 55.3 Å². The van der Waals surface area contributed by atoms with Crippen molar-refractivity contribution in [1.82, 2.24) is 0 Å². The molecule has 4 saturated carbocycles. The summed E-state index contributed by atoms with van der Waals surface area (Å²) in [6.07, 6.45) is 9.74. The highest BCUT2D eigenvalue weighted by Gasteiger charge is 2.61. The van der Waals surface area contributed by atoms with Gasteiger partial charge in [-0.1, -0.05) is 26.7 Å². The second-order valence-electron chi connectivity index (χ2n) is 8.77. The van der Waals surface area contributed by atoms with Crippen molar-refractivity contribution in [2.75, 3.05) is 0 Å². The molecule has 3 heteroatoms. The minimum Gasteiger partial charge on any atom is -0.299 e. The zero-order valence-electron chi connectivity index (χ0n) is 13.9. The zero-order chi connectivity index (χ0) is 14.8. The van der Waals surface area contributed by atoms with E-state index in [0.29, 0.717) is 35.2 Å². The van der Waals surface area contributed by atoms with Gasteiger partial charge >= 0.3 is 0 Å². The molecule has 1 unspecified atom stereocenters. The molecule has 22 heavy (non-hydrogen) atoms. The van der Waals surface area contributed by atoms with Crippen molar-refractivity contribution < 1.29 is 9.59 Å². The van der Waals surface area contributed by atoms with Crippen molar-refractivity contribution in [3.05, 3.63) is 0 Å². The third-order valence-electron chi connectivity index (χ3n) is 8.07. The van der Waals surface area contributed by atoms with Crippen LogP contribution in [-0.2, 0) is 9.59 Å². The van der Waals surface area contributed by atoms with E-state index in [0.717, 1.165) is 32.1 Å². The molecule has 0 N–H and O–H groups in total. The maximum Gasteiger partial charge on any atom is 0.139 e. The van der Waals surface area contributed by atoms with Crippen LogP contribution in [0.4, 0.5) is 0 Å². The van der Waals surface area contributed by atoms with Crippen LogP contribution in [0, 0.1) is 34.5 Å². The first-order valence-electron chi connectivity index (χ1n) is 9.03. The molecule has 4 rings (SSSR count). The fraction of sp³-hybridized carbons (Fsp3) is 0.895. The van der Waals surface area contributed by atoms with E-state index in [9.17, 15) is 9.59 Å². The first-order chi connectivity index (χ1) is 9.97. The Morgan fingerprint density at radius 3 is 2.50 bits per heavy atom. The lowest BCUT2D eigenvalue weighted by Gasteiger charge is -2.58. The highest BCUT2D eigenvalue weighted by atomic mass is 35.5. The molecule has 2 nitrogen and oxygen atoms in total. The molecule has 124 valence electrons. The summed E-state index contributed by atoms with van der Waals surface area (Å²) in [6, 6.07) is 0. The van der Waals surface area contributed by atoms with Gasteiger partial charge in [0.2, 0.25) is 0 Å². The number of ketones is 2. The Kier molecular flexibility index (Phi) is 3.99. The number of rotatable bonds is 0. The van der Waals surface area contributed by atoms with E-state index < -0.39 is 0 Å². The molecule has 4 aliphatic rings. The van der Waals surface area contributed by atoms with Gasteiger partial charge < -0.3 is 0 Å². The minimum atomic E-state index is -0.0979. The van der Waals surface area contributed by atoms with Gasteiger partial charge in [0.05, 0.1) is 0 Å². The predicted octanol–water partition coefficient (Wildman–Crippen LogP) is 4.59. The first kappa shape index (κ1) is 16.5. The molecule has 0 aliphatic heterocycles. The van der Waals surface area contributed by atoms with Gasteiger partial charge in [-0.3, -0.25) is 9.59 Å². The fourth-order valence-corrected chi connectivity index (χ4v) is 6.87. The van der Waals surface area contributed by atoms with Crippen molar-refractivity contribution in [1.29, 1.82) is 0 Å². The quantitative estimate of drug-likeness (QED) is 0.653. The maximum atomic E-state index is 12.8. The van der Waals surface area contributed by atoms with Gasteiger partial charge in [0.15, 0.2) is 0 Å². The molecule has 0 aromatic rings. The predicted molar refractivity (Wildman–Crippen MR) is 89.0 cm³/mol. The summed E-state index contributed by atoms with van der Waals surface area (Å²) < 4.78 is 0. The number of carbonyl (C=O) groups excluding carboxylic acids is 2. The summed E-state index contributed by atoms with van der Waals surface area (Å²) in [6.45, 7) is 4.61. The number of halogens is 1. The Labute approximate surface area is 140 Å². The fourth-order valence-electron chi connectivity index (χ4n) is 6.87. The van der Waals surface area contributed by atoms with Gasteiger partial charge in [0.1, 0.15) is 11.6 Å². The third kappa shape index (κ3) is 1.98. The minimum absolute atomic E-state index is 0. The third-order valence-corrected chi connectivity index (χ3v) is 8.07. The van der Waals surface area contributed by atoms with E-state index >= 15 is 0 Å². The van der Waals surface area contributed by atoms with E-state index in [-0.39, 0.29) is 23.2 Å². The van der Waals surface area contributed by atoms with Gasteiger partial charge in [0.25, 0.3) is 0 Å². The highest BCUT2D eigenvalue weighted by Crippen LogP contribution is 2.64. The van der Waals surface area contributed by atoms with Crippen LogP contribution >= 0.6 is 12.4 Å². The van der Waals surface area contributed by atoms with Gasteiger partial charge in [0, 0.05) is 24.2 Å². The Morgan fingerprint density at radius 2 is 1.73 bits per heavy atom. The van der Waals surface area contributed by atoms with E-state index in [4.69, 9.17) is 0 Å². The molecular weight excluding hydrogens is 296 g/mol. The smallest absolute Gasteiger partial charge is 0.139 e. The van der Waals surface area contributed by atoms with Crippen molar-refractivity contribution in [2.45, 2.75) is 71.6 Å². The molecule has 0 aromatic heterocycles. The second-order valence-corrected chi connectivity index (χ2v) is 8.77. The summed E-state index contributed by atoms with van der Waals surface area (Å²) in [5.74, 6) is 3.03. The summed E-state index contributed by atoms with van der Waals surface area (Å²) in [4.78, 5) is 25.1. The molecule has 0 spiro atoms. The lowest BCUT2D eigenvalue weighted by molar-refractivity contribution is -0.155. The Hall–Kier alpha value is -0.370. The lowest BCUT2D eigenvalue weighted by atomic mass is 9.45. The standard InChI is InChI=1S/C19H28O2.ClH/c1-18-9-4-3-5-15(18)16(20)11-12-13-6-7-17(21)19(13,2)10-8-14(12)18;/h12-15H,3-11H2,1-2H3;1H/t12-,13-,14-,15?,18+,19-;/m0./s1. The van der Waals surface area contributed by atoms with E-state index in [1.165, 1.54) is 25.7 Å². The summed E-state index contributed by atoms with van der Waals surface area (Å²) in [7, 11) is 0. The molecule has 0 heterocycles. The van der Waals surface area contributed by atoms with Crippen LogP contribution < -0.4 is 0 Å². The number of fused-ring (bicyclic) bond motifs is 5. The zero-order valence-corrected chi connectivity index (χ0v) is 14.7. The van der Waals surface area contributed by atoms with Crippen LogP contribution in [0.15, 0.2) is 0 Å². The highest BCUT2D eigenvalue weighted by molar-refractivity contribution is 5.88. The molecule has 0 bridgehead atoms. The monoisotopic (exact) mass is 324 g/mol. The van der Waals surface area contributed by atoms with E-state index in [1.54, 1.807) is 0 Å². The average molecular weight is 325 g/mol. The number of carbonyl (C=O) groups is 2. The van der Waals surface area contributed by atoms with Gasteiger partial charge in [-0.25, -0.2) is 0 Å². The largest absolute Gasteiger partial charge is 0.299 e. The summed E-state index contributed by atoms with van der Waals surface area (Å²) >= 11 is 0. The van der Waals surface area contributed by atoms with Crippen molar-refractivity contribution in [3.63, 3.8) is 0 Å². The van der Waals surface area contributed by atoms with Crippen LogP contribution in [-0.4, -0.2) is 11.6 Å². The lowest BCUT2D eigenvalue weighted by Crippen LogP contribution is -2.55. The summed E-state index contributed by atoms with van der Waals surface area (Å²) in [5.41, 5.74) is 0.143. The van der Waals surface area contributed by atoms with Crippen molar-refractivity contribution in [2.24, 2.45) is 34.5 Å². The molecule has 0 aromatic carbocycles. The van der Waals surface area contributed by atoms with Crippen LogP contribution in [0.1, 0.15) is 71.6 Å². The normalized spacial score (nSPS) is 50.6. The SMILES string of the molecule is C[C@]12CCCCC1C(=O)C[C@@H]1[C@@H]2CC[C@]2(C)C(=O)CC[C@@H]12.Cl. The van der Waals surface area contributed by atoms with Crippen LogP contribution in [0.25, 0.3) is 0 Å². The van der Waals surface area contributed by atoms with Crippen LogP contribution in [0.5, 0.6) is 0 Å².